The van der Waals surface area contributed by atoms with E-state index in [0.29, 0.717) is 30.0 Å². The van der Waals surface area contributed by atoms with E-state index >= 15 is 0 Å². The fourth-order valence-corrected chi connectivity index (χ4v) is 2.01. The summed E-state index contributed by atoms with van der Waals surface area (Å²) in [6.07, 6.45) is 2.02. The smallest absolute Gasteiger partial charge is 0.289 e. The summed E-state index contributed by atoms with van der Waals surface area (Å²) in [5.41, 5.74) is 0. The molecule has 0 aliphatic rings. The molecule has 0 aliphatic heterocycles. The number of hydrogen-bond donors (Lipinski definition) is 0. The van der Waals surface area contributed by atoms with Crippen molar-refractivity contribution in [1.82, 2.24) is 4.90 Å². The van der Waals surface area contributed by atoms with Crippen LogP contribution in [-0.2, 0) is 11.3 Å². The van der Waals surface area contributed by atoms with Gasteiger partial charge in [0.15, 0.2) is 5.76 Å². The van der Waals surface area contributed by atoms with Gasteiger partial charge in [-0.25, -0.2) is 0 Å². The van der Waals surface area contributed by atoms with Crippen molar-refractivity contribution >= 4 is 5.91 Å². The van der Waals surface area contributed by atoms with Crippen LogP contribution in [0.3, 0.4) is 0 Å². The molecular formula is C17H29NO3. The van der Waals surface area contributed by atoms with Crippen molar-refractivity contribution in [3.8, 4) is 0 Å². The fourth-order valence-electron chi connectivity index (χ4n) is 2.01. The van der Waals surface area contributed by atoms with Gasteiger partial charge in [-0.05, 0) is 36.8 Å². The van der Waals surface area contributed by atoms with Gasteiger partial charge in [0, 0.05) is 20.2 Å². The van der Waals surface area contributed by atoms with Crippen molar-refractivity contribution in [3.63, 3.8) is 0 Å². The molecule has 0 N–H and O–H groups in total. The van der Waals surface area contributed by atoms with E-state index in [2.05, 4.69) is 27.7 Å². The molecule has 1 aromatic heterocycles. The van der Waals surface area contributed by atoms with Crippen LogP contribution in [0.4, 0.5) is 0 Å². The second kappa shape index (κ2) is 8.88. The van der Waals surface area contributed by atoms with Crippen LogP contribution < -0.4 is 0 Å². The van der Waals surface area contributed by atoms with Gasteiger partial charge in [0.2, 0.25) is 0 Å². The quantitative estimate of drug-likeness (QED) is 0.692. The number of amides is 1. The molecule has 120 valence electrons. The minimum Gasteiger partial charge on any atom is -0.453 e. The first-order chi connectivity index (χ1) is 9.93. The highest BCUT2D eigenvalue weighted by Gasteiger charge is 2.19. The van der Waals surface area contributed by atoms with Gasteiger partial charge < -0.3 is 14.1 Å². The Morgan fingerprint density at radius 1 is 1.14 bits per heavy atom. The van der Waals surface area contributed by atoms with Crippen molar-refractivity contribution in [2.45, 2.75) is 47.1 Å². The number of carbonyl (C=O) groups is 1. The highest BCUT2D eigenvalue weighted by Crippen LogP contribution is 2.14. The van der Waals surface area contributed by atoms with Crippen LogP contribution in [0.15, 0.2) is 16.5 Å². The summed E-state index contributed by atoms with van der Waals surface area (Å²) < 4.78 is 10.6. The second-order valence-corrected chi connectivity index (χ2v) is 6.36. The Morgan fingerprint density at radius 3 is 2.19 bits per heavy atom. The summed E-state index contributed by atoms with van der Waals surface area (Å²) in [4.78, 5) is 14.5. The van der Waals surface area contributed by atoms with E-state index in [9.17, 15) is 4.79 Å². The lowest BCUT2D eigenvalue weighted by Crippen LogP contribution is -2.34. The van der Waals surface area contributed by atoms with Gasteiger partial charge in [-0.2, -0.15) is 0 Å². The van der Waals surface area contributed by atoms with Gasteiger partial charge in [0.25, 0.3) is 5.91 Å². The molecule has 0 saturated carbocycles. The topological polar surface area (TPSA) is 42.7 Å². The molecule has 1 aromatic rings. The average molecular weight is 295 g/mol. The van der Waals surface area contributed by atoms with Gasteiger partial charge in [-0.15, -0.1) is 0 Å². The third-order valence-electron chi connectivity index (χ3n) is 3.40. The third kappa shape index (κ3) is 6.34. The predicted molar refractivity (Wildman–Crippen MR) is 84.2 cm³/mol. The number of rotatable bonds is 9. The SMILES string of the molecule is COCc1ccc(C(=O)N(CCC(C)C)CCC(C)C)o1. The summed E-state index contributed by atoms with van der Waals surface area (Å²) in [5, 5.41) is 0. The Kier molecular flexibility index (Phi) is 7.51. The van der Waals surface area contributed by atoms with Gasteiger partial charge in [-0.1, -0.05) is 27.7 Å². The molecule has 1 amide bonds. The number of hydrogen-bond acceptors (Lipinski definition) is 3. The molecule has 4 heteroatoms. The molecule has 0 aromatic carbocycles. The maximum Gasteiger partial charge on any atom is 0.289 e. The number of furan rings is 1. The van der Waals surface area contributed by atoms with Crippen molar-refractivity contribution in [2.24, 2.45) is 11.8 Å². The van der Waals surface area contributed by atoms with Crippen molar-refractivity contribution < 1.29 is 13.9 Å². The zero-order valence-corrected chi connectivity index (χ0v) is 14.0. The fraction of sp³-hybridized carbons (Fsp3) is 0.706. The maximum atomic E-state index is 12.6. The van der Waals surface area contributed by atoms with E-state index in [4.69, 9.17) is 9.15 Å². The van der Waals surface area contributed by atoms with Crippen LogP contribution in [-0.4, -0.2) is 31.0 Å². The predicted octanol–water partition coefficient (Wildman–Crippen LogP) is 3.96. The number of methoxy groups -OCH3 is 1. The van der Waals surface area contributed by atoms with Gasteiger partial charge in [-0.3, -0.25) is 4.79 Å². The standard InChI is InChI=1S/C17H29NO3/c1-13(2)8-10-18(11-9-14(3)4)17(19)16-7-6-15(21-16)12-20-5/h6-7,13-14H,8-12H2,1-5H3. The lowest BCUT2D eigenvalue weighted by atomic mass is 10.1. The van der Waals surface area contributed by atoms with Gasteiger partial charge >= 0.3 is 0 Å². The van der Waals surface area contributed by atoms with Crippen LogP contribution in [0, 0.1) is 11.8 Å². The monoisotopic (exact) mass is 295 g/mol. The van der Waals surface area contributed by atoms with Crippen molar-refractivity contribution in [1.29, 1.82) is 0 Å². The van der Waals surface area contributed by atoms with Crippen LogP contribution in [0.5, 0.6) is 0 Å². The van der Waals surface area contributed by atoms with E-state index in [1.54, 1.807) is 19.2 Å². The maximum absolute atomic E-state index is 12.6. The third-order valence-corrected chi connectivity index (χ3v) is 3.40. The van der Waals surface area contributed by atoms with E-state index < -0.39 is 0 Å². The first-order valence-corrected chi connectivity index (χ1v) is 7.81. The molecule has 0 atom stereocenters. The Morgan fingerprint density at radius 2 is 1.71 bits per heavy atom. The molecular weight excluding hydrogens is 266 g/mol. The molecule has 1 heterocycles. The lowest BCUT2D eigenvalue weighted by molar-refractivity contribution is 0.0701. The Labute approximate surface area is 128 Å². The minimum absolute atomic E-state index is 0.0151. The number of ether oxygens (including phenoxy) is 1. The zero-order chi connectivity index (χ0) is 15.8. The molecule has 21 heavy (non-hydrogen) atoms. The van der Waals surface area contributed by atoms with Crippen LogP contribution in [0.25, 0.3) is 0 Å². The summed E-state index contributed by atoms with van der Waals surface area (Å²) in [5.74, 6) is 2.25. The van der Waals surface area contributed by atoms with Gasteiger partial charge in [0.05, 0.1) is 0 Å². The normalized spacial score (nSPS) is 11.4. The second-order valence-electron chi connectivity index (χ2n) is 6.36. The molecule has 0 bridgehead atoms. The Bertz CT molecular complexity index is 411. The Balaban J connectivity index is 2.71. The van der Waals surface area contributed by atoms with Crippen LogP contribution >= 0.6 is 0 Å². The zero-order valence-electron chi connectivity index (χ0n) is 14.0. The van der Waals surface area contributed by atoms with Gasteiger partial charge in [0.1, 0.15) is 12.4 Å². The minimum atomic E-state index is -0.0151. The molecule has 4 nitrogen and oxygen atoms in total. The van der Waals surface area contributed by atoms with Crippen LogP contribution in [0.2, 0.25) is 0 Å². The van der Waals surface area contributed by atoms with E-state index in [1.807, 2.05) is 4.90 Å². The van der Waals surface area contributed by atoms with E-state index in [0.717, 1.165) is 25.9 Å². The van der Waals surface area contributed by atoms with E-state index in [-0.39, 0.29) is 5.91 Å². The number of carbonyl (C=O) groups excluding carboxylic acids is 1. The number of nitrogens with zero attached hydrogens (tertiary/aromatic N) is 1. The van der Waals surface area contributed by atoms with Crippen molar-refractivity contribution in [2.75, 3.05) is 20.2 Å². The highest BCUT2D eigenvalue weighted by atomic mass is 16.5. The lowest BCUT2D eigenvalue weighted by Gasteiger charge is -2.23. The Hall–Kier alpha value is -1.29. The molecule has 0 fully saturated rings. The molecule has 0 aliphatic carbocycles. The molecule has 0 unspecified atom stereocenters. The summed E-state index contributed by atoms with van der Waals surface area (Å²) in [6.45, 7) is 10.7. The van der Waals surface area contributed by atoms with Crippen molar-refractivity contribution in [3.05, 3.63) is 23.7 Å². The summed E-state index contributed by atoms with van der Waals surface area (Å²) >= 11 is 0. The highest BCUT2D eigenvalue weighted by molar-refractivity contribution is 5.91. The first kappa shape index (κ1) is 17.8. The largest absolute Gasteiger partial charge is 0.453 e. The first-order valence-electron chi connectivity index (χ1n) is 7.81. The summed E-state index contributed by atoms with van der Waals surface area (Å²) in [6, 6.07) is 3.55. The molecule has 1 rings (SSSR count). The summed E-state index contributed by atoms with van der Waals surface area (Å²) in [7, 11) is 1.61. The molecule has 0 radical (unpaired) electrons. The van der Waals surface area contributed by atoms with E-state index in [1.165, 1.54) is 0 Å². The molecule has 0 spiro atoms. The van der Waals surface area contributed by atoms with Crippen LogP contribution in [0.1, 0.15) is 56.9 Å². The molecule has 0 saturated heterocycles. The average Bonchev–Trinajstić information content (AvgIpc) is 2.86.